The zero-order chi connectivity index (χ0) is 19.6. The van der Waals surface area contributed by atoms with E-state index in [1.807, 2.05) is 38.1 Å². The van der Waals surface area contributed by atoms with Crippen molar-refractivity contribution >= 4 is 35.9 Å². The van der Waals surface area contributed by atoms with Gasteiger partial charge in [0.1, 0.15) is 6.10 Å². The molecule has 2 unspecified atom stereocenters. The first kappa shape index (κ1) is 24.3. The highest BCUT2D eigenvalue weighted by atomic mass is 127. The van der Waals surface area contributed by atoms with Crippen molar-refractivity contribution < 1.29 is 19.0 Å². The fourth-order valence-electron chi connectivity index (χ4n) is 3.16. The monoisotopic (exact) mass is 505 g/mol. The molecule has 1 N–H and O–H groups in total. The van der Waals surface area contributed by atoms with Crippen LogP contribution in [0.25, 0.3) is 0 Å². The fraction of sp³-hybridized carbons (Fsp3) is 0.600. The van der Waals surface area contributed by atoms with Crippen molar-refractivity contribution in [2.75, 3.05) is 40.4 Å². The number of likely N-dealkylation sites (tertiary alicyclic amines) is 1. The van der Waals surface area contributed by atoms with Crippen LogP contribution in [0.4, 0.5) is 0 Å². The van der Waals surface area contributed by atoms with Gasteiger partial charge in [0, 0.05) is 20.1 Å². The van der Waals surface area contributed by atoms with Crippen LogP contribution in [-0.2, 0) is 9.53 Å². The van der Waals surface area contributed by atoms with Crippen molar-refractivity contribution in [2.24, 2.45) is 10.9 Å². The summed E-state index contributed by atoms with van der Waals surface area (Å²) in [6.07, 6.45) is 1.72. The molecule has 0 aliphatic carbocycles. The number of aliphatic imine (C=N–C) groups is 1. The minimum absolute atomic E-state index is 0. The molecule has 8 heteroatoms. The molecule has 28 heavy (non-hydrogen) atoms. The number of nitrogens with one attached hydrogen (secondary N) is 1. The average Bonchev–Trinajstić information content (AvgIpc) is 2.69. The highest BCUT2D eigenvalue weighted by Crippen LogP contribution is 2.26. The zero-order valence-electron chi connectivity index (χ0n) is 17.1. The molecule has 1 heterocycles. The Labute approximate surface area is 184 Å². The van der Waals surface area contributed by atoms with E-state index in [-0.39, 0.29) is 42.0 Å². The number of hydrogen-bond acceptors (Lipinski definition) is 5. The first-order valence-electron chi connectivity index (χ1n) is 9.50. The highest BCUT2D eigenvalue weighted by molar-refractivity contribution is 14.0. The Kier molecular flexibility index (Phi) is 11.0. The van der Waals surface area contributed by atoms with E-state index in [4.69, 9.17) is 14.2 Å². The number of ether oxygens (including phenoxy) is 3. The largest absolute Gasteiger partial charge is 0.493 e. The maximum Gasteiger partial charge on any atom is 0.310 e. The van der Waals surface area contributed by atoms with Gasteiger partial charge in [-0.2, -0.15) is 0 Å². The van der Waals surface area contributed by atoms with Gasteiger partial charge in [0.15, 0.2) is 17.5 Å². The number of guanidine groups is 1. The predicted molar refractivity (Wildman–Crippen MR) is 121 cm³/mol. The first-order valence-corrected chi connectivity index (χ1v) is 9.50. The van der Waals surface area contributed by atoms with Crippen LogP contribution in [-0.4, -0.2) is 63.3 Å². The number of esters is 1. The quantitative estimate of drug-likeness (QED) is 0.266. The van der Waals surface area contributed by atoms with Crippen molar-refractivity contribution in [1.29, 1.82) is 0 Å². The zero-order valence-corrected chi connectivity index (χ0v) is 19.5. The molecule has 0 bridgehead atoms. The van der Waals surface area contributed by atoms with Gasteiger partial charge >= 0.3 is 5.97 Å². The second-order valence-corrected chi connectivity index (χ2v) is 6.54. The van der Waals surface area contributed by atoms with Crippen molar-refractivity contribution in [3.8, 4) is 11.5 Å². The number of hydrogen-bond donors (Lipinski definition) is 1. The Bertz CT molecular complexity index is 642. The Balaban J connectivity index is 0.00000392. The summed E-state index contributed by atoms with van der Waals surface area (Å²) in [4.78, 5) is 18.5. The summed E-state index contributed by atoms with van der Waals surface area (Å²) in [5.41, 5.74) is 0. The minimum Gasteiger partial charge on any atom is -0.493 e. The molecule has 0 spiro atoms. The third kappa shape index (κ3) is 7.03. The Hall–Kier alpha value is -1.71. The third-order valence-electron chi connectivity index (χ3n) is 4.50. The lowest BCUT2D eigenvalue weighted by atomic mass is 9.98. The topological polar surface area (TPSA) is 72.4 Å². The van der Waals surface area contributed by atoms with E-state index < -0.39 is 0 Å². The number of nitrogens with zero attached hydrogens (tertiary/aromatic N) is 2. The summed E-state index contributed by atoms with van der Waals surface area (Å²) < 4.78 is 16.5. The van der Waals surface area contributed by atoms with Gasteiger partial charge in [-0.3, -0.25) is 9.79 Å². The molecule has 1 fully saturated rings. The number of benzene rings is 1. The lowest BCUT2D eigenvalue weighted by Gasteiger charge is -2.34. The second-order valence-electron chi connectivity index (χ2n) is 6.54. The van der Waals surface area contributed by atoms with Crippen LogP contribution in [0.15, 0.2) is 29.3 Å². The first-order chi connectivity index (χ1) is 13.1. The second kappa shape index (κ2) is 12.7. The van der Waals surface area contributed by atoms with Crippen molar-refractivity contribution in [2.45, 2.75) is 32.8 Å². The molecule has 158 valence electrons. The molecule has 1 aromatic carbocycles. The molecule has 2 atom stereocenters. The van der Waals surface area contributed by atoms with E-state index in [9.17, 15) is 4.79 Å². The van der Waals surface area contributed by atoms with Crippen LogP contribution in [0.1, 0.15) is 26.7 Å². The number of carbonyl (C=O) groups excluding carboxylic acids is 1. The smallest absolute Gasteiger partial charge is 0.310 e. The SMILES string of the molecule is CCOC(=O)C1CCCN(C(=NC)NCC(C)Oc2ccccc2OC)C1.I. The molecule has 1 aliphatic heterocycles. The number of methoxy groups -OCH3 is 1. The molecular weight excluding hydrogens is 473 g/mol. The molecule has 0 saturated carbocycles. The van der Waals surface area contributed by atoms with Gasteiger partial charge in [0.05, 0.1) is 26.2 Å². The van der Waals surface area contributed by atoms with Gasteiger partial charge in [0.2, 0.25) is 0 Å². The van der Waals surface area contributed by atoms with E-state index in [2.05, 4.69) is 15.2 Å². The molecule has 2 rings (SSSR count). The van der Waals surface area contributed by atoms with Crippen LogP contribution in [0, 0.1) is 5.92 Å². The van der Waals surface area contributed by atoms with E-state index in [1.54, 1.807) is 14.2 Å². The Morgan fingerprint density at radius 3 is 2.71 bits per heavy atom. The molecule has 1 saturated heterocycles. The number of para-hydroxylation sites is 2. The number of carbonyl (C=O) groups is 1. The summed E-state index contributed by atoms with van der Waals surface area (Å²) >= 11 is 0. The summed E-state index contributed by atoms with van der Waals surface area (Å²) in [7, 11) is 3.38. The molecule has 7 nitrogen and oxygen atoms in total. The fourth-order valence-corrected chi connectivity index (χ4v) is 3.16. The maximum atomic E-state index is 12.0. The van der Waals surface area contributed by atoms with E-state index in [0.29, 0.717) is 31.2 Å². The summed E-state index contributed by atoms with van der Waals surface area (Å²) in [5, 5.41) is 3.35. The number of piperidine rings is 1. The Morgan fingerprint density at radius 2 is 2.07 bits per heavy atom. The summed E-state index contributed by atoms with van der Waals surface area (Å²) in [6.45, 7) is 6.33. The van der Waals surface area contributed by atoms with Crippen LogP contribution >= 0.6 is 24.0 Å². The lowest BCUT2D eigenvalue weighted by Crippen LogP contribution is -2.49. The number of rotatable bonds is 7. The van der Waals surface area contributed by atoms with Crippen LogP contribution in [0.2, 0.25) is 0 Å². The van der Waals surface area contributed by atoms with Gasteiger partial charge in [-0.1, -0.05) is 12.1 Å². The molecule has 1 aromatic rings. The third-order valence-corrected chi connectivity index (χ3v) is 4.50. The van der Waals surface area contributed by atoms with Crippen LogP contribution in [0.3, 0.4) is 0 Å². The van der Waals surface area contributed by atoms with Gasteiger partial charge in [-0.15, -0.1) is 24.0 Å². The standard InChI is InChI=1S/C20H31N3O4.HI/c1-5-26-19(24)16-9-8-12-23(14-16)20(21-3)22-13-15(2)27-18-11-7-6-10-17(18)25-4;/h6-7,10-11,15-16H,5,8-9,12-14H2,1-4H3,(H,21,22);1H. The molecule has 1 aliphatic rings. The minimum atomic E-state index is -0.120. The molecule has 0 radical (unpaired) electrons. The van der Waals surface area contributed by atoms with Gasteiger partial charge in [0.25, 0.3) is 0 Å². The van der Waals surface area contributed by atoms with Gasteiger partial charge in [-0.25, -0.2) is 0 Å². The van der Waals surface area contributed by atoms with Crippen molar-refractivity contribution in [3.63, 3.8) is 0 Å². The predicted octanol–water partition coefficient (Wildman–Crippen LogP) is 2.93. The van der Waals surface area contributed by atoms with E-state index in [1.165, 1.54) is 0 Å². The maximum absolute atomic E-state index is 12.0. The lowest BCUT2D eigenvalue weighted by molar-refractivity contribution is -0.149. The number of halogens is 1. The molecule has 0 aromatic heterocycles. The van der Waals surface area contributed by atoms with Crippen LogP contribution in [0.5, 0.6) is 11.5 Å². The van der Waals surface area contributed by atoms with Crippen molar-refractivity contribution in [3.05, 3.63) is 24.3 Å². The molecular formula is C20H32IN3O4. The van der Waals surface area contributed by atoms with E-state index in [0.717, 1.165) is 25.3 Å². The highest BCUT2D eigenvalue weighted by Gasteiger charge is 2.28. The van der Waals surface area contributed by atoms with Crippen molar-refractivity contribution in [1.82, 2.24) is 10.2 Å². The normalized spacial score (nSPS) is 17.9. The van der Waals surface area contributed by atoms with Gasteiger partial charge in [-0.05, 0) is 38.8 Å². The average molecular weight is 505 g/mol. The summed E-state index contributed by atoms with van der Waals surface area (Å²) in [5.74, 6) is 1.98. The summed E-state index contributed by atoms with van der Waals surface area (Å²) in [6, 6.07) is 7.59. The van der Waals surface area contributed by atoms with E-state index >= 15 is 0 Å². The molecule has 0 amide bonds. The van der Waals surface area contributed by atoms with Crippen LogP contribution < -0.4 is 14.8 Å². The van der Waals surface area contributed by atoms with Gasteiger partial charge < -0.3 is 24.4 Å². The Morgan fingerprint density at radius 1 is 1.36 bits per heavy atom.